The van der Waals surface area contributed by atoms with Crippen LogP contribution in [-0.4, -0.2) is 6.88 Å². The number of fused-ring (bicyclic) bond motifs is 3. The summed E-state index contributed by atoms with van der Waals surface area (Å²) in [6, 6.07) is 12.5. The second-order valence-electron chi connectivity index (χ2n) is 12.6. The molecule has 4 rings (SSSR count). The Bertz CT molecular complexity index is 1210. The second kappa shape index (κ2) is 9.81. The third-order valence-electron chi connectivity index (χ3n) is 8.78. The molecule has 186 valence electrons. The fourth-order valence-electron chi connectivity index (χ4n) is 5.95. The van der Waals surface area contributed by atoms with Crippen molar-refractivity contribution in [1.29, 1.82) is 0 Å². The molecule has 0 unspecified atom stereocenters. The maximum absolute atomic E-state index is 3.37. The van der Waals surface area contributed by atoms with E-state index in [9.17, 15) is 0 Å². The standard InChI is InChI=1S/C21H25.C5H5.2C2H5.2ClH.H2Si.Zr/c1-20(2,3)16-9-7-14-11-15-8-10-17(21(4,5)6)13-19(15)18(14)12-16;1-2-4-5-3-1;2*1-2;;;;/h7,9-10,12-13H,11H2,1-6H3;1-3H,4H2;2*1H2,2H3;2*1H;1H2;. The van der Waals surface area contributed by atoms with Gasteiger partial charge in [0.2, 0.25) is 0 Å². The molecule has 0 amide bonds. The zero-order valence-corrected chi connectivity index (χ0v) is 28.0. The van der Waals surface area contributed by atoms with Gasteiger partial charge in [0.1, 0.15) is 0 Å². The molecule has 0 N–H and O–H groups in total. The monoisotopic (exact) mass is 592 g/mol. The molecule has 2 aromatic carbocycles. The van der Waals surface area contributed by atoms with Crippen LogP contribution in [-0.2, 0) is 34.6 Å². The van der Waals surface area contributed by atoms with Gasteiger partial charge in [-0.3, -0.25) is 0 Å². The van der Waals surface area contributed by atoms with Crippen molar-refractivity contribution in [2.45, 2.75) is 87.3 Å². The summed E-state index contributed by atoms with van der Waals surface area (Å²) in [7, 11) is 0. The van der Waals surface area contributed by atoms with Crippen LogP contribution in [0.1, 0.15) is 84.1 Å². The van der Waals surface area contributed by atoms with Gasteiger partial charge in [-0.15, -0.1) is 24.8 Å². The molecule has 0 aromatic heterocycles. The summed E-state index contributed by atoms with van der Waals surface area (Å²) in [5.74, 6) is 0. The molecule has 4 heteroatoms. The van der Waals surface area contributed by atoms with E-state index in [2.05, 4.69) is 111 Å². The Kier molecular flexibility index (Phi) is 8.61. The van der Waals surface area contributed by atoms with Gasteiger partial charge in [0.25, 0.3) is 0 Å². The van der Waals surface area contributed by atoms with Gasteiger partial charge >= 0.3 is 200 Å². The number of hydrogen-bond acceptors (Lipinski definition) is 0. The van der Waals surface area contributed by atoms with Crippen molar-refractivity contribution >= 4 is 35.0 Å². The minimum Gasteiger partial charge on any atom is -0.147 e. The molecular weight excluding hydrogens is 551 g/mol. The van der Waals surface area contributed by atoms with E-state index in [1.807, 2.05) is 0 Å². The summed E-state index contributed by atoms with van der Waals surface area (Å²) in [5, 5.41) is 0. The Morgan fingerprint density at radius 3 is 1.91 bits per heavy atom. The molecule has 2 aromatic rings. The Labute approximate surface area is 223 Å². The third-order valence-corrected chi connectivity index (χ3v) is 37.6. The van der Waals surface area contributed by atoms with E-state index in [1.54, 1.807) is 12.1 Å². The first-order valence-corrected chi connectivity index (χ1v) is 24.4. The number of hydrogen-bond donors (Lipinski definition) is 0. The summed E-state index contributed by atoms with van der Waals surface area (Å²) >= 11 is -3.37. The van der Waals surface area contributed by atoms with Crippen molar-refractivity contribution < 1.29 is 17.4 Å². The van der Waals surface area contributed by atoms with E-state index in [-0.39, 0.29) is 35.6 Å². The maximum atomic E-state index is 2.68. The minimum atomic E-state index is -3.37. The molecule has 0 bridgehead atoms. The zero-order valence-electron chi connectivity index (χ0n) is 22.5. The van der Waals surface area contributed by atoms with Gasteiger partial charge in [0.05, 0.1) is 0 Å². The topological polar surface area (TPSA) is 0 Å². The van der Waals surface area contributed by atoms with Crippen molar-refractivity contribution in [2.24, 2.45) is 0 Å². The predicted octanol–water partition coefficient (Wildman–Crippen LogP) is 8.28. The van der Waals surface area contributed by atoms with E-state index in [4.69, 9.17) is 0 Å². The number of allylic oxidation sites excluding steroid dienone is 4. The van der Waals surface area contributed by atoms with Gasteiger partial charge in [-0.2, -0.15) is 0 Å². The largest absolute Gasteiger partial charge is 0.147 e. The molecule has 0 saturated carbocycles. The Balaban J connectivity index is 0.00000204. The van der Waals surface area contributed by atoms with Gasteiger partial charge in [0, 0.05) is 0 Å². The van der Waals surface area contributed by atoms with Gasteiger partial charge in [-0.1, -0.05) is 0 Å². The fraction of sp³-hybridized carbons (Fsp3) is 0.467. The Morgan fingerprint density at radius 2 is 1.41 bits per heavy atom. The number of rotatable bonds is 4. The Hall–Kier alpha value is -0.400. The molecule has 0 fully saturated rings. The molecule has 0 spiro atoms. The summed E-state index contributed by atoms with van der Waals surface area (Å²) in [6.07, 6.45) is 9.49. The van der Waals surface area contributed by atoms with E-state index < -0.39 is 17.4 Å². The SMILES string of the molecule is C[CH2][Zr](=[SiH2])([CH2]C)([C]1=CC=CC1)[c]1cc(C(C)(C)C)cc2c1Cc1ccc(C(C)(C)C)cc1-2.Cl.Cl. The van der Waals surface area contributed by atoms with Crippen molar-refractivity contribution in [3.05, 3.63) is 74.1 Å². The molecular formula is C30H44Cl2SiZr. The summed E-state index contributed by atoms with van der Waals surface area (Å²) in [4.78, 5) is 0. The Morgan fingerprint density at radius 1 is 0.824 bits per heavy atom. The smallest absolute Gasteiger partial charge is 0.147 e. The maximum Gasteiger partial charge on any atom is -0.147 e. The molecule has 2 aliphatic rings. The normalized spacial score (nSPS) is 15.3. The van der Waals surface area contributed by atoms with Crippen LogP contribution in [0.3, 0.4) is 0 Å². The first kappa shape index (κ1) is 29.8. The molecule has 0 aliphatic heterocycles. The van der Waals surface area contributed by atoms with Gasteiger partial charge in [0.15, 0.2) is 0 Å². The number of halogens is 2. The first-order valence-electron chi connectivity index (χ1n) is 12.5. The quantitative estimate of drug-likeness (QED) is 0.267. The summed E-state index contributed by atoms with van der Waals surface area (Å²) in [5.41, 5.74) is 9.51. The van der Waals surface area contributed by atoms with E-state index in [0.29, 0.717) is 0 Å². The van der Waals surface area contributed by atoms with Crippen LogP contribution in [0.4, 0.5) is 0 Å². The molecule has 34 heavy (non-hydrogen) atoms. The van der Waals surface area contributed by atoms with Gasteiger partial charge in [-0.05, 0) is 0 Å². The molecule has 0 radical (unpaired) electrons. The minimum absolute atomic E-state index is 0. The van der Waals surface area contributed by atoms with Crippen molar-refractivity contribution in [3.63, 3.8) is 0 Å². The molecule has 0 atom stereocenters. The van der Waals surface area contributed by atoms with E-state index in [1.165, 1.54) is 42.5 Å². The van der Waals surface area contributed by atoms with Crippen molar-refractivity contribution in [1.82, 2.24) is 0 Å². The number of benzene rings is 2. The fourth-order valence-corrected chi connectivity index (χ4v) is 22.3. The van der Waals surface area contributed by atoms with Crippen LogP contribution in [0.25, 0.3) is 11.1 Å². The zero-order chi connectivity index (χ0) is 23.6. The van der Waals surface area contributed by atoms with Crippen LogP contribution >= 0.6 is 24.8 Å². The summed E-state index contributed by atoms with van der Waals surface area (Å²) in [6.45, 7) is 21.6. The molecule has 0 nitrogen and oxygen atoms in total. The predicted molar refractivity (Wildman–Crippen MR) is 158 cm³/mol. The average molecular weight is 595 g/mol. The second-order valence-corrected chi connectivity index (χ2v) is 38.6. The summed E-state index contributed by atoms with van der Waals surface area (Å²) < 4.78 is 6.27. The van der Waals surface area contributed by atoms with Crippen molar-refractivity contribution in [2.75, 3.05) is 0 Å². The molecule has 2 aliphatic carbocycles. The molecule has 0 saturated heterocycles. The van der Waals surface area contributed by atoms with Crippen LogP contribution in [0.5, 0.6) is 0 Å². The van der Waals surface area contributed by atoms with Gasteiger partial charge < -0.3 is 0 Å². The average Bonchev–Trinajstić information content (AvgIpc) is 3.39. The van der Waals surface area contributed by atoms with E-state index in [0.717, 1.165) is 6.42 Å². The van der Waals surface area contributed by atoms with E-state index >= 15 is 0 Å². The van der Waals surface area contributed by atoms with Crippen LogP contribution in [0.15, 0.2) is 51.8 Å². The molecule has 0 heterocycles. The first-order chi connectivity index (χ1) is 14.8. The van der Waals surface area contributed by atoms with Crippen LogP contribution in [0.2, 0.25) is 8.26 Å². The third kappa shape index (κ3) is 4.67. The van der Waals surface area contributed by atoms with Crippen LogP contribution < -0.4 is 3.27 Å². The van der Waals surface area contributed by atoms with Crippen molar-refractivity contribution in [3.8, 4) is 11.1 Å². The van der Waals surface area contributed by atoms with Gasteiger partial charge in [-0.25, -0.2) is 0 Å². The van der Waals surface area contributed by atoms with Crippen LogP contribution in [0, 0.1) is 0 Å².